The molecule has 0 saturated heterocycles. The van der Waals surface area contributed by atoms with Crippen molar-refractivity contribution in [1.29, 1.82) is 0 Å². The summed E-state index contributed by atoms with van der Waals surface area (Å²) in [6.07, 6.45) is 0. The van der Waals surface area contributed by atoms with Crippen molar-refractivity contribution in [3.8, 4) is 22.3 Å². The van der Waals surface area contributed by atoms with Crippen molar-refractivity contribution in [2.75, 3.05) is 9.80 Å². The number of fused-ring (bicyclic) bond motifs is 12. The van der Waals surface area contributed by atoms with Crippen molar-refractivity contribution in [2.45, 2.75) is 24.7 Å². The van der Waals surface area contributed by atoms with Crippen molar-refractivity contribution in [3.05, 3.63) is 276 Å². The fraction of sp³-hybridized carbons (Fsp3) is 0.0625. The molecule has 0 saturated carbocycles. The maximum Gasteiger partial charge on any atom is 0.144 e. The molecule has 0 amide bonds. The molecule has 3 heteroatoms. The lowest BCUT2D eigenvalue weighted by Gasteiger charge is -2.38. The van der Waals surface area contributed by atoms with Crippen LogP contribution in [0.25, 0.3) is 44.2 Å². The Labute approximate surface area is 391 Å². The average Bonchev–Trinajstić information content (AvgIpc) is 3.99. The zero-order valence-electron chi connectivity index (χ0n) is 37.4. The van der Waals surface area contributed by atoms with Crippen LogP contribution in [0.3, 0.4) is 0 Å². The lowest BCUT2D eigenvalue weighted by atomic mass is 9.63. The highest BCUT2D eigenvalue weighted by Gasteiger charge is 2.54. The van der Waals surface area contributed by atoms with E-state index in [0.29, 0.717) is 0 Å². The van der Waals surface area contributed by atoms with Crippen LogP contribution in [-0.2, 0) is 10.8 Å². The Bertz CT molecular complexity index is 3520. The summed E-state index contributed by atoms with van der Waals surface area (Å²) >= 11 is 0. The van der Waals surface area contributed by atoms with E-state index >= 15 is 0 Å². The molecule has 2 aliphatic rings. The van der Waals surface area contributed by atoms with E-state index in [9.17, 15) is 0 Å². The highest BCUT2D eigenvalue weighted by atomic mass is 16.3. The highest BCUT2D eigenvalue weighted by molar-refractivity contribution is 6.21. The Hall–Kier alpha value is -8.40. The van der Waals surface area contributed by atoms with Crippen molar-refractivity contribution in [1.82, 2.24) is 0 Å². The SMILES string of the molecule is CC1(C)c2cc(N(c3ccccc3)c3ccccc3)ccc2-c2c1c1c(c3c2oc2ccccc23)-c2ccc(N(c3ccccc3)c3ccccc3)cc2C1(c1ccccc1)c1ccccc1. The van der Waals surface area contributed by atoms with Crippen LogP contribution in [0.4, 0.5) is 34.1 Å². The van der Waals surface area contributed by atoms with Gasteiger partial charge in [-0.05, 0) is 129 Å². The maximum atomic E-state index is 7.24. The van der Waals surface area contributed by atoms with Crippen molar-refractivity contribution in [2.24, 2.45) is 0 Å². The van der Waals surface area contributed by atoms with Crippen LogP contribution < -0.4 is 9.80 Å². The fourth-order valence-corrected chi connectivity index (χ4v) is 11.7. The smallest absolute Gasteiger partial charge is 0.144 e. The molecule has 0 unspecified atom stereocenters. The molecule has 2 aliphatic carbocycles. The average molecular weight is 859 g/mol. The third kappa shape index (κ3) is 5.71. The highest BCUT2D eigenvalue weighted by Crippen LogP contribution is 2.67. The molecule has 13 rings (SSSR count). The third-order valence-electron chi connectivity index (χ3n) is 14.4. The topological polar surface area (TPSA) is 19.6 Å². The standard InChI is InChI=1S/C64H46N2O/c1-63(2)54-41-49(65(45-27-13-5-14-28-45)46-29-15-6-16-30-46)37-39-51(54)59-60(63)61-57(58-53-35-21-22-36-56(53)67-62(58)59)52-40-38-50(66(47-31-17-7-18-32-47)48-33-19-8-20-34-48)42-55(52)64(61,43-23-9-3-10-24-43)44-25-11-4-12-26-44/h3-42H,1-2H3. The van der Waals surface area contributed by atoms with E-state index in [1.807, 2.05) is 0 Å². The molecular formula is C64H46N2O. The van der Waals surface area contributed by atoms with Gasteiger partial charge >= 0.3 is 0 Å². The second-order valence-corrected chi connectivity index (χ2v) is 18.4. The largest absolute Gasteiger partial charge is 0.455 e. The number of hydrogen-bond acceptors (Lipinski definition) is 3. The van der Waals surface area contributed by atoms with Gasteiger partial charge in [0.1, 0.15) is 11.2 Å². The number of benzene rings is 10. The van der Waals surface area contributed by atoms with Crippen molar-refractivity contribution >= 4 is 56.1 Å². The molecule has 1 heterocycles. The second kappa shape index (κ2) is 15.1. The van der Waals surface area contributed by atoms with Crippen LogP contribution in [0.1, 0.15) is 47.2 Å². The predicted octanol–water partition coefficient (Wildman–Crippen LogP) is 17.2. The molecule has 0 atom stereocenters. The lowest BCUT2D eigenvalue weighted by Crippen LogP contribution is -2.32. The van der Waals surface area contributed by atoms with E-state index in [2.05, 4.69) is 266 Å². The molecule has 67 heavy (non-hydrogen) atoms. The molecule has 0 aliphatic heterocycles. The van der Waals surface area contributed by atoms with Gasteiger partial charge in [0.15, 0.2) is 0 Å². The molecule has 0 spiro atoms. The van der Waals surface area contributed by atoms with Gasteiger partial charge in [-0.15, -0.1) is 0 Å². The molecule has 318 valence electrons. The Morgan fingerprint density at radius 2 is 0.761 bits per heavy atom. The minimum Gasteiger partial charge on any atom is -0.455 e. The van der Waals surface area contributed by atoms with E-state index in [0.717, 1.165) is 56.1 Å². The normalized spacial score (nSPS) is 13.8. The van der Waals surface area contributed by atoms with Crippen LogP contribution in [0.5, 0.6) is 0 Å². The summed E-state index contributed by atoms with van der Waals surface area (Å²) in [5.74, 6) is 0. The van der Waals surface area contributed by atoms with Crippen LogP contribution >= 0.6 is 0 Å². The summed E-state index contributed by atoms with van der Waals surface area (Å²) in [5.41, 5.74) is 19.8. The monoisotopic (exact) mass is 858 g/mol. The maximum absolute atomic E-state index is 7.24. The van der Waals surface area contributed by atoms with Crippen LogP contribution in [-0.4, -0.2) is 0 Å². The predicted molar refractivity (Wildman–Crippen MR) is 278 cm³/mol. The second-order valence-electron chi connectivity index (χ2n) is 18.4. The summed E-state index contributed by atoms with van der Waals surface area (Å²) in [6, 6.07) is 88.4. The molecular weight excluding hydrogens is 813 g/mol. The molecule has 0 bridgehead atoms. The summed E-state index contributed by atoms with van der Waals surface area (Å²) in [4.78, 5) is 4.77. The van der Waals surface area contributed by atoms with Gasteiger partial charge in [0, 0.05) is 55.9 Å². The van der Waals surface area contributed by atoms with Gasteiger partial charge in [0.2, 0.25) is 0 Å². The van der Waals surface area contributed by atoms with E-state index < -0.39 is 10.8 Å². The first-order valence-corrected chi connectivity index (χ1v) is 23.3. The number of hydrogen-bond donors (Lipinski definition) is 0. The lowest BCUT2D eigenvalue weighted by molar-refractivity contribution is 0.630. The van der Waals surface area contributed by atoms with E-state index in [1.165, 1.54) is 55.6 Å². The molecule has 3 nitrogen and oxygen atoms in total. The molecule has 0 N–H and O–H groups in total. The number of rotatable bonds is 8. The molecule has 11 aromatic rings. The number of para-hydroxylation sites is 5. The summed E-state index contributed by atoms with van der Waals surface area (Å²) in [5, 5.41) is 2.29. The Morgan fingerprint density at radius 3 is 1.24 bits per heavy atom. The zero-order chi connectivity index (χ0) is 44.7. The fourth-order valence-electron chi connectivity index (χ4n) is 11.7. The first-order chi connectivity index (χ1) is 33.0. The molecule has 0 radical (unpaired) electrons. The zero-order valence-corrected chi connectivity index (χ0v) is 37.4. The van der Waals surface area contributed by atoms with Crippen LogP contribution in [0, 0.1) is 0 Å². The van der Waals surface area contributed by atoms with Gasteiger partial charge in [0.25, 0.3) is 0 Å². The van der Waals surface area contributed by atoms with Gasteiger partial charge in [-0.3, -0.25) is 0 Å². The number of furan rings is 1. The van der Waals surface area contributed by atoms with Gasteiger partial charge in [-0.2, -0.15) is 0 Å². The first kappa shape index (κ1) is 39.0. The van der Waals surface area contributed by atoms with Crippen LogP contribution in [0.2, 0.25) is 0 Å². The van der Waals surface area contributed by atoms with Gasteiger partial charge < -0.3 is 14.2 Å². The summed E-state index contributed by atoms with van der Waals surface area (Å²) < 4.78 is 7.24. The molecule has 1 aromatic heterocycles. The van der Waals surface area contributed by atoms with Gasteiger partial charge in [-0.1, -0.05) is 178 Å². The van der Waals surface area contributed by atoms with E-state index in [-0.39, 0.29) is 0 Å². The van der Waals surface area contributed by atoms with Crippen LogP contribution in [0.15, 0.2) is 247 Å². The van der Waals surface area contributed by atoms with Gasteiger partial charge in [0.05, 0.1) is 5.41 Å². The number of anilines is 6. The molecule has 10 aromatic carbocycles. The molecule has 0 fully saturated rings. The Kier molecular flexibility index (Phi) is 8.78. The first-order valence-electron chi connectivity index (χ1n) is 23.3. The Morgan fingerprint density at radius 1 is 0.358 bits per heavy atom. The van der Waals surface area contributed by atoms with E-state index in [1.54, 1.807) is 0 Å². The van der Waals surface area contributed by atoms with E-state index in [4.69, 9.17) is 4.42 Å². The Balaban J connectivity index is 1.16. The minimum absolute atomic E-state index is 0.462. The van der Waals surface area contributed by atoms with Gasteiger partial charge in [-0.25, -0.2) is 0 Å². The summed E-state index contributed by atoms with van der Waals surface area (Å²) in [7, 11) is 0. The quantitative estimate of drug-likeness (QED) is 0.152. The minimum atomic E-state index is -0.721. The summed E-state index contributed by atoms with van der Waals surface area (Å²) in [6.45, 7) is 4.88. The third-order valence-corrected chi connectivity index (χ3v) is 14.4. The number of nitrogens with zero attached hydrogens (tertiary/aromatic N) is 2. The van der Waals surface area contributed by atoms with Crippen molar-refractivity contribution < 1.29 is 4.42 Å². The van der Waals surface area contributed by atoms with Crippen molar-refractivity contribution in [3.63, 3.8) is 0 Å².